The van der Waals surface area contributed by atoms with Gasteiger partial charge in [-0.25, -0.2) is 9.59 Å². The van der Waals surface area contributed by atoms with Crippen LogP contribution in [0.4, 0.5) is 0 Å². The fourth-order valence-electron chi connectivity index (χ4n) is 0.366. The third kappa shape index (κ3) is 1.95. The topological polar surface area (TPSA) is 115 Å². The molecular formula is C6H6O6. The van der Waals surface area contributed by atoms with E-state index in [2.05, 4.69) is 0 Å². The van der Waals surface area contributed by atoms with Crippen molar-refractivity contribution in [3.8, 4) is 11.8 Å². The number of carboxylic acids is 2. The molecule has 4 N–H and O–H groups in total. The molecule has 0 aliphatic carbocycles. The highest BCUT2D eigenvalue weighted by Crippen LogP contribution is 2.02. The van der Waals surface area contributed by atoms with Crippen LogP contribution in [0, 0.1) is 11.8 Å². The highest BCUT2D eigenvalue weighted by molar-refractivity contribution is 6.05. The van der Waals surface area contributed by atoms with Crippen molar-refractivity contribution in [3.63, 3.8) is 0 Å². The summed E-state index contributed by atoms with van der Waals surface area (Å²) in [5.41, 5.74) is -3.14. The number of carboxylic acid groups (broad SMARTS) is 2. The lowest BCUT2D eigenvalue weighted by Gasteiger charge is -2.09. The number of aliphatic carboxylic acids is 2. The van der Waals surface area contributed by atoms with Gasteiger partial charge in [0.2, 0.25) is 0 Å². The van der Waals surface area contributed by atoms with E-state index in [-0.39, 0.29) is 0 Å². The number of rotatable bonds is 2. The zero-order valence-corrected chi connectivity index (χ0v) is 5.81. The molecule has 6 heteroatoms. The van der Waals surface area contributed by atoms with E-state index in [1.54, 1.807) is 5.92 Å². The molecule has 0 saturated carbocycles. The predicted molar refractivity (Wildman–Crippen MR) is 35.1 cm³/mol. The van der Waals surface area contributed by atoms with Gasteiger partial charge in [0, 0.05) is 0 Å². The van der Waals surface area contributed by atoms with Crippen molar-refractivity contribution in [1.29, 1.82) is 0 Å². The number of aliphatic hydroxyl groups excluding tert-OH is 1. The Morgan fingerprint density at radius 1 is 1.25 bits per heavy atom. The molecule has 0 spiro atoms. The summed E-state index contributed by atoms with van der Waals surface area (Å²) in [6, 6.07) is 0. The molecule has 0 heterocycles. The second-order valence-corrected chi connectivity index (χ2v) is 1.78. The highest BCUT2D eigenvalue weighted by Gasteiger charge is 2.43. The van der Waals surface area contributed by atoms with Crippen LogP contribution in [0.3, 0.4) is 0 Å². The minimum absolute atomic E-state index is 0.719. The van der Waals surface area contributed by atoms with Gasteiger partial charge in [-0.15, -0.1) is 0 Å². The van der Waals surface area contributed by atoms with Crippen molar-refractivity contribution in [2.24, 2.45) is 0 Å². The van der Waals surface area contributed by atoms with Crippen molar-refractivity contribution < 1.29 is 30.0 Å². The lowest BCUT2D eigenvalue weighted by atomic mass is 10.1. The Bertz CT molecular complexity index is 243. The van der Waals surface area contributed by atoms with Crippen molar-refractivity contribution >= 4 is 11.9 Å². The SMILES string of the molecule is O=C(O)C(O)(C#CCO)C(=O)O. The first kappa shape index (κ1) is 10.4. The van der Waals surface area contributed by atoms with Crippen LogP contribution in [0.15, 0.2) is 0 Å². The predicted octanol–water partition coefficient (Wildman–Crippen LogP) is -2.12. The van der Waals surface area contributed by atoms with Gasteiger partial charge in [0.1, 0.15) is 6.61 Å². The molecule has 0 radical (unpaired) electrons. The first-order valence-corrected chi connectivity index (χ1v) is 2.75. The number of hydrogen-bond donors (Lipinski definition) is 4. The molecule has 0 unspecified atom stereocenters. The normalized spacial score (nSPS) is 9.83. The summed E-state index contributed by atoms with van der Waals surface area (Å²) in [5, 5.41) is 33.4. The molecule has 66 valence electrons. The van der Waals surface area contributed by atoms with Gasteiger partial charge >= 0.3 is 17.5 Å². The first-order chi connectivity index (χ1) is 5.45. The molecule has 12 heavy (non-hydrogen) atoms. The molecular weight excluding hydrogens is 168 g/mol. The molecule has 6 nitrogen and oxygen atoms in total. The first-order valence-electron chi connectivity index (χ1n) is 2.75. The lowest BCUT2D eigenvalue weighted by molar-refractivity contribution is -0.168. The van der Waals surface area contributed by atoms with Crippen LogP contribution in [-0.2, 0) is 9.59 Å². The summed E-state index contributed by atoms with van der Waals surface area (Å²) in [6.45, 7) is -0.719. The van der Waals surface area contributed by atoms with E-state index in [1.807, 2.05) is 0 Å². The maximum Gasteiger partial charge on any atom is 0.360 e. The molecule has 0 aromatic carbocycles. The summed E-state index contributed by atoms with van der Waals surface area (Å²) in [6.07, 6.45) is 0. The molecule has 0 aliphatic heterocycles. The monoisotopic (exact) mass is 174 g/mol. The maximum absolute atomic E-state index is 10.2. The molecule has 0 amide bonds. The molecule has 0 aliphatic rings. The van der Waals surface area contributed by atoms with Gasteiger partial charge in [-0.3, -0.25) is 0 Å². The molecule has 0 atom stereocenters. The van der Waals surface area contributed by atoms with E-state index >= 15 is 0 Å². The summed E-state index contributed by atoms with van der Waals surface area (Å²) in [5.74, 6) is -0.733. The van der Waals surface area contributed by atoms with Crippen molar-refractivity contribution in [3.05, 3.63) is 0 Å². The van der Waals surface area contributed by atoms with Crippen LogP contribution in [0.5, 0.6) is 0 Å². The number of hydrogen-bond acceptors (Lipinski definition) is 4. The van der Waals surface area contributed by atoms with Gasteiger partial charge in [0.25, 0.3) is 0 Å². The zero-order valence-electron chi connectivity index (χ0n) is 5.81. The Labute approximate surface area is 67.1 Å². The van der Waals surface area contributed by atoms with Crippen LogP contribution in [0.1, 0.15) is 0 Å². The minimum Gasteiger partial charge on any atom is -0.478 e. The van der Waals surface area contributed by atoms with Gasteiger partial charge in [0.15, 0.2) is 0 Å². The molecule has 0 aromatic rings. The van der Waals surface area contributed by atoms with Gasteiger partial charge in [-0.1, -0.05) is 5.92 Å². The summed E-state index contributed by atoms with van der Waals surface area (Å²) < 4.78 is 0. The van der Waals surface area contributed by atoms with Crippen LogP contribution in [0.25, 0.3) is 0 Å². The van der Waals surface area contributed by atoms with Gasteiger partial charge < -0.3 is 20.4 Å². The minimum atomic E-state index is -3.14. The van der Waals surface area contributed by atoms with Crippen LogP contribution < -0.4 is 0 Å². The zero-order chi connectivity index (χ0) is 9.78. The van der Waals surface area contributed by atoms with Crippen molar-refractivity contribution in [2.45, 2.75) is 5.60 Å². The van der Waals surface area contributed by atoms with Gasteiger partial charge in [-0.05, 0) is 5.92 Å². The second-order valence-electron chi connectivity index (χ2n) is 1.78. The highest BCUT2D eigenvalue weighted by atomic mass is 16.4. The van der Waals surface area contributed by atoms with E-state index < -0.39 is 24.1 Å². The summed E-state index contributed by atoms with van der Waals surface area (Å²) in [7, 11) is 0. The fourth-order valence-corrected chi connectivity index (χ4v) is 0.366. The smallest absolute Gasteiger partial charge is 0.360 e. The average molecular weight is 174 g/mol. The third-order valence-corrected chi connectivity index (χ3v) is 0.967. The molecule has 0 bridgehead atoms. The molecule has 0 fully saturated rings. The number of aliphatic hydroxyl groups is 2. The van der Waals surface area contributed by atoms with Gasteiger partial charge in [-0.2, -0.15) is 0 Å². The third-order valence-electron chi connectivity index (χ3n) is 0.967. The Morgan fingerprint density at radius 2 is 1.67 bits per heavy atom. The van der Waals surface area contributed by atoms with E-state index in [0.717, 1.165) is 0 Å². The Kier molecular flexibility index (Phi) is 3.22. The van der Waals surface area contributed by atoms with Crippen LogP contribution in [0.2, 0.25) is 0 Å². The largest absolute Gasteiger partial charge is 0.478 e. The second kappa shape index (κ2) is 3.71. The summed E-state index contributed by atoms with van der Waals surface area (Å²) in [4.78, 5) is 20.3. The van der Waals surface area contributed by atoms with E-state index in [4.69, 9.17) is 20.4 Å². The quantitative estimate of drug-likeness (QED) is 0.281. The summed E-state index contributed by atoms with van der Waals surface area (Å²) >= 11 is 0. The molecule has 0 aromatic heterocycles. The average Bonchev–Trinajstić information content (AvgIpc) is 1.99. The van der Waals surface area contributed by atoms with Crippen LogP contribution >= 0.6 is 0 Å². The molecule has 0 rings (SSSR count). The molecule has 0 saturated heterocycles. The van der Waals surface area contributed by atoms with E-state index in [0.29, 0.717) is 0 Å². The van der Waals surface area contributed by atoms with E-state index in [9.17, 15) is 9.59 Å². The van der Waals surface area contributed by atoms with Crippen molar-refractivity contribution in [1.82, 2.24) is 0 Å². The van der Waals surface area contributed by atoms with Crippen LogP contribution in [-0.4, -0.2) is 44.6 Å². The fraction of sp³-hybridized carbons (Fsp3) is 0.333. The lowest BCUT2D eigenvalue weighted by Crippen LogP contribution is -2.45. The Hall–Kier alpha value is -1.58. The van der Waals surface area contributed by atoms with Crippen molar-refractivity contribution in [2.75, 3.05) is 6.61 Å². The van der Waals surface area contributed by atoms with E-state index in [1.165, 1.54) is 5.92 Å². The standard InChI is InChI=1S/C6H6O6/c7-3-1-2-6(12,4(8)9)5(10)11/h7,12H,3H2,(H,8,9)(H,10,11). The number of carbonyl (C=O) groups is 2. The maximum atomic E-state index is 10.2. The van der Waals surface area contributed by atoms with Gasteiger partial charge in [0.05, 0.1) is 0 Å². The Morgan fingerprint density at radius 3 is 1.92 bits per heavy atom. The Balaban J connectivity index is 4.88.